The maximum atomic E-state index is 12.2. The fourth-order valence-electron chi connectivity index (χ4n) is 3.40. The molecule has 0 aliphatic carbocycles. The SMILES string of the molecule is Br.Br.CCCC(N)(Cc1ccccc1)C(C)(C)[C@H](NCC(C)C)C(N)=O. The first-order valence-electron chi connectivity index (χ1n) is 8.99. The standard InChI is InChI=1S/C20H35N3O.2BrH/c1-6-12-20(22,13-16-10-8-7-9-11-16)19(4,5)17(18(21)24)23-14-15(2)3;;/h7-11,15,17,23H,6,12-14,22H2,1-5H3,(H2,21,24);2*1H/t17-,20?;;/m1../s1. The summed E-state index contributed by atoms with van der Waals surface area (Å²) in [7, 11) is 0. The Balaban J connectivity index is 0. The zero-order valence-corrected chi connectivity index (χ0v) is 20.2. The van der Waals surface area contributed by atoms with Crippen LogP contribution in [0.2, 0.25) is 0 Å². The lowest BCUT2D eigenvalue weighted by molar-refractivity contribution is -0.124. The van der Waals surface area contributed by atoms with Crippen LogP contribution in [0.3, 0.4) is 0 Å². The van der Waals surface area contributed by atoms with Gasteiger partial charge in [0.25, 0.3) is 0 Å². The van der Waals surface area contributed by atoms with Gasteiger partial charge in [0.2, 0.25) is 5.91 Å². The zero-order chi connectivity index (χ0) is 18.4. The third-order valence-electron chi connectivity index (χ3n) is 5.08. The maximum Gasteiger partial charge on any atom is 0.235 e. The van der Waals surface area contributed by atoms with Crippen molar-refractivity contribution in [3.63, 3.8) is 0 Å². The minimum Gasteiger partial charge on any atom is -0.368 e. The van der Waals surface area contributed by atoms with E-state index in [4.69, 9.17) is 11.5 Å². The molecule has 0 radical (unpaired) electrons. The van der Waals surface area contributed by atoms with Crippen LogP contribution in [-0.2, 0) is 11.2 Å². The monoisotopic (exact) mass is 493 g/mol. The van der Waals surface area contributed by atoms with E-state index in [0.29, 0.717) is 5.92 Å². The Labute approximate surface area is 180 Å². The van der Waals surface area contributed by atoms with Crippen LogP contribution in [-0.4, -0.2) is 24.0 Å². The van der Waals surface area contributed by atoms with E-state index in [9.17, 15) is 4.79 Å². The smallest absolute Gasteiger partial charge is 0.235 e. The fraction of sp³-hybridized carbons (Fsp3) is 0.650. The van der Waals surface area contributed by atoms with Gasteiger partial charge in [-0.2, -0.15) is 0 Å². The van der Waals surface area contributed by atoms with Gasteiger partial charge in [0, 0.05) is 11.0 Å². The third kappa shape index (κ3) is 7.29. The first-order valence-corrected chi connectivity index (χ1v) is 8.99. The predicted octanol–water partition coefficient (Wildman–Crippen LogP) is 4.01. The van der Waals surface area contributed by atoms with Crippen LogP contribution in [0.1, 0.15) is 53.0 Å². The van der Waals surface area contributed by atoms with Crippen LogP contribution >= 0.6 is 34.0 Å². The lowest BCUT2D eigenvalue weighted by Crippen LogP contribution is -2.65. The molecule has 0 bridgehead atoms. The molecular weight excluding hydrogens is 458 g/mol. The highest BCUT2D eigenvalue weighted by Crippen LogP contribution is 2.38. The number of hydrogen-bond donors (Lipinski definition) is 3. The van der Waals surface area contributed by atoms with Gasteiger partial charge in [0.15, 0.2) is 0 Å². The largest absolute Gasteiger partial charge is 0.368 e. The molecule has 0 saturated heterocycles. The highest BCUT2D eigenvalue weighted by molar-refractivity contribution is 8.93. The number of rotatable bonds is 10. The van der Waals surface area contributed by atoms with Crippen LogP contribution in [0.5, 0.6) is 0 Å². The summed E-state index contributed by atoms with van der Waals surface area (Å²) in [6.07, 6.45) is 2.52. The van der Waals surface area contributed by atoms with E-state index < -0.39 is 17.0 Å². The Hall–Kier alpha value is -0.430. The second-order valence-electron chi connectivity index (χ2n) is 7.93. The number of primary amides is 1. The molecule has 0 fully saturated rings. The topological polar surface area (TPSA) is 81.1 Å². The number of halogens is 2. The maximum absolute atomic E-state index is 12.2. The summed E-state index contributed by atoms with van der Waals surface area (Å²) in [5.74, 6) is 0.106. The van der Waals surface area contributed by atoms with Crippen molar-refractivity contribution in [1.29, 1.82) is 0 Å². The van der Waals surface area contributed by atoms with E-state index in [0.717, 1.165) is 25.8 Å². The highest BCUT2D eigenvalue weighted by atomic mass is 79.9. The minimum atomic E-state index is -0.521. The van der Waals surface area contributed by atoms with Gasteiger partial charge < -0.3 is 16.8 Å². The fourth-order valence-corrected chi connectivity index (χ4v) is 3.40. The summed E-state index contributed by atoms with van der Waals surface area (Å²) >= 11 is 0. The van der Waals surface area contributed by atoms with Gasteiger partial charge in [0.05, 0.1) is 6.04 Å². The molecule has 6 heteroatoms. The van der Waals surface area contributed by atoms with Crippen molar-refractivity contribution >= 4 is 39.9 Å². The summed E-state index contributed by atoms with van der Waals surface area (Å²) < 4.78 is 0. The van der Waals surface area contributed by atoms with Crippen molar-refractivity contribution in [2.75, 3.05) is 6.54 Å². The number of amides is 1. The summed E-state index contributed by atoms with van der Waals surface area (Å²) in [4.78, 5) is 12.2. The van der Waals surface area contributed by atoms with E-state index in [-0.39, 0.29) is 39.9 Å². The Morgan fingerprint density at radius 1 is 1.15 bits per heavy atom. The van der Waals surface area contributed by atoms with Gasteiger partial charge >= 0.3 is 0 Å². The van der Waals surface area contributed by atoms with E-state index in [1.54, 1.807) is 0 Å². The predicted molar refractivity (Wildman–Crippen MR) is 122 cm³/mol. The molecule has 0 heterocycles. The van der Waals surface area contributed by atoms with Crippen LogP contribution < -0.4 is 16.8 Å². The number of nitrogens with one attached hydrogen (secondary N) is 1. The molecule has 152 valence electrons. The molecule has 1 unspecified atom stereocenters. The van der Waals surface area contributed by atoms with Gasteiger partial charge in [-0.1, -0.05) is 71.4 Å². The van der Waals surface area contributed by atoms with Crippen molar-refractivity contribution in [3.05, 3.63) is 35.9 Å². The molecule has 4 nitrogen and oxygen atoms in total. The molecule has 26 heavy (non-hydrogen) atoms. The van der Waals surface area contributed by atoms with Crippen LogP contribution in [0.4, 0.5) is 0 Å². The van der Waals surface area contributed by atoms with E-state index >= 15 is 0 Å². The van der Waals surface area contributed by atoms with Crippen molar-refractivity contribution in [2.45, 2.75) is 65.5 Å². The average molecular weight is 495 g/mol. The summed E-state index contributed by atoms with van der Waals surface area (Å²) in [5, 5.41) is 3.35. The van der Waals surface area contributed by atoms with Gasteiger partial charge in [0.1, 0.15) is 0 Å². The van der Waals surface area contributed by atoms with Crippen molar-refractivity contribution in [2.24, 2.45) is 22.8 Å². The Kier molecular flexibility index (Phi) is 12.9. The van der Waals surface area contributed by atoms with Crippen LogP contribution in [0.25, 0.3) is 0 Å². The Bertz CT molecular complexity index is 523. The lowest BCUT2D eigenvalue weighted by Gasteiger charge is -2.48. The molecule has 1 rings (SSSR count). The molecule has 0 spiro atoms. The van der Waals surface area contributed by atoms with Gasteiger partial charge in [-0.25, -0.2) is 0 Å². The number of hydrogen-bond acceptors (Lipinski definition) is 3. The molecule has 1 aromatic carbocycles. The minimum absolute atomic E-state index is 0. The normalized spacial score (nSPS) is 14.7. The van der Waals surface area contributed by atoms with E-state index in [2.05, 4.69) is 52.1 Å². The molecule has 0 aromatic heterocycles. The highest BCUT2D eigenvalue weighted by Gasteiger charge is 2.48. The van der Waals surface area contributed by atoms with E-state index in [1.807, 2.05) is 18.2 Å². The number of carbonyl (C=O) groups is 1. The first kappa shape index (κ1) is 27.8. The zero-order valence-electron chi connectivity index (χ0n) is 16.7. The van der Waals surface area contributed by atoms with Crippen molar-refractivity contribution in [1.82, 2.24) is 5.32 Å². The Morgan fingerprint density at radius 2 is 1.69 bits per heavy atom. The molecule has 5 N–H and O–H groups in total. The van der Waals surface area contributed by atoms with Gasteiger partial charge in [-0.3, -0.25) is 4.79 Å². The van der Waals surface area contributed by atoms with Crippen LogP contribution in [0, 0.1) is 11.3 Å². The number of carbonyl (C=O) groups excluding carboxylic acids is 1. The summed E-state index contributed by atoms with van der Waals surface area (Å²) in [6.45, 7) is 11.2. The first-order chi connectivity index (χ1) is 11.1. The molecule has 0 aliphatic rings. The average Bonchev–Trinajstić information content (AvgIpc) is 2.47. The quantitative estimate of drug-likeness (QED) is 0.459. The molecule has 2 atom stereocenters. The van der Waals surface area contributed by atoms with Gasteiger partial charge in [-0.15, -0.1) is 34.0 Å². The number of nitrogens with two attached hydrogens (primary N) is 2. The second-order valence-corrected chi connectivity index (χ2v) is 7.93. The van der Waals surface area contributed by atoms with Crippen molar-refractivity contribution < 1.29 is 4.79 Å². The third-order valence-corrected chi connectivity index (χ3v) is 5.08. The number of benzene rings is 1. The van der Waals surface area contributed by atoms with Crippen LogP contribution in [0.15, 0.2) is 30.3 Å². The summed E-state index contributed by atoms with van der Waals surface area (Å²) in [5.41, 5.74) is 12.8. The second kappa shape index (κ2) is 12.1. The molecular formula is C20H37Br2N3O. The molecule has 1 amide bonds. The Morgan fingerprint density at radius 3 is 2.12 bits per heavy atom. The van der Waals surface area contributed by atoms with Gasteiger partial charge in [-0.05, 0) is 30.9 Å². The molecule has 0 aliphatic heterocycles. The summed E-state index contributed by atoms with van der Waals surface area (Å²) in [6, 6.07) is 9.78. The lowest BCUT2D eigenvalue weighted by atomic mass is 9.63. The van der Waals surface area contributed by atoms with E-state index in [1.165, 1.54) is 5.56 Å². The molecule has 0 saturated carbocycles. The molecule has 1 aromatic rings. The van der Waals surface area contributed by atoms with Crippen molar-refractivity contribution in [3.8, 4) is 0 Å².